The first-order chi connectivity index (χ1) is 20.8. The van der Waals surface area contributed by atoms with E-state index >= 15 is 0 Å². The highest BCUT2D eigenvalue weighted by Gasteiger charge is 2.41. The lowest BCUT2D eigenvalue weighted by atomic mass is 9.75. The normalized spacial score (nSPS) is 20.3. The number of rotatable bonds is 16. The van der Waals surface area contributed by atoms with Crippen LogP contribution in [-0.4, -0.2) is 80.7 Å². The summed E-state index contributed by atoms with van der Waals surface area (Å²) >= 11 is 0. The van der Waals surface area contributed by atoms with E-state index in [1.807, 2.05) is 26.0 Å². The fraction of sp³-hybridized carbons (Fsp3) is 0.647. The van der Waals surface area contributed by atoms with Crippen molar-refractivity contribution in [3.8, 4) is 17.2 Å². The molecule has 1 N–H and O–H groups in total. The molecule has 3 rings (SSSR count). The minimum absolute atomic E-state index is 0.00414. The minimum Gasteiger partial charge on any atom is -0.493 e. The second-order valence-electron chi connectivity index (χ2n) is 11.6. The van der Waals surface area contributed by atoms with Gasteiger partial charge in [-0.3, -0.25) is 4.79 Å². The van der Waals surface area contributed by atoms with Gasteiger partial charge in [0.25, 0.3) is 0 Å². The Bertz CT molecular complexity index is 1070. The Kier molecular flexibility index (Phi) is 13.9. The molecule has 1 saturated heterocycles. The summed E-state index contributed by atoms with van der Waals surface area (Å²) in [4.78, 5) is 29.8. The van der Waals surface area contributed by atoms with Crippen molar-refractivity contribution in [1.82, 2.24) is 4.90 Å². The number of carbonyl (C=O) groups is 2. The van der Waals surface area contributed by atoms with E-state index in [4.69, 9.17) is 23.7 Å². The van der Waals surface area contributed by atoms with E-state index in [1.165, 1.54) is 7.11 Å². The summed E-state index contributed by atoms with van der Waals surface area (Å²) in [5.41, 5.74) is 0.753. The van der Waals surface area contributed by atoms with E-state index in [9.17, 15) is 14.7 Å². The number of amides is 1. The molecule has 1 aliphatic heterocycles. The maximum Gasteiger partial charge on any atom is 0.329 e. The van der Waals surface area contributed by atoms with Gasteiger partial charge in [-0.2, -0.15) is 0 Å². The van der Waals surface area contributed by atoms with Crippen LogP contribution in [0.15, 0.2) is 37.4 Å². The molecule has 240 valence electrons. The van der Waals surface area contributed by atoms with E-state index in [0.717, 1.165) is 50.5 Å². The van der Waals surface area contributed by atoms with Crippen molar-refractivity contribution in [1.29, 1.82) is 0 Å². The molecule has 9 heteroatoms. The number of hydrogen-bond donors (Lipinski definition) is 1. The minimum atomic E-state index is -0.630. The molecule has 0 unspecified atom stereocenters. The molecule has 0 bridgehead atoms. The molecular formula is C34H51NO8. The van der Waals surface area contributed by atoms with Gasteiger partial charge in [0.1, 0.15) is 24.9 Å². The van der Waals surface area contributed by atoms with Crippen molar-refractivity contribution < 1.29 is 38.4 Å². The van der Waals surface area contributed by atoms with Crippen LogP contribution in [-0.2, 0) is 19.1 Å². The van der Waals surface area contributed by atoms with Gasteiger partial charge in [0.2, 0.25) is 11.7 Å². The highest BCUT2D eigenvalue weighted by molar-refractivity contribution is 5.89. The zero-order chi connectivity index (χ0) is 31.4. The van der Waals surface area contributed by atoms with Crippen LogP contribution < -0.4 is 14.2 Å². The first-order valence-corrected chi connectivity index (χ1v) is 15.6. The number of hydrogen-bond acceptors (Lipinski definition) is 8. The zero-order valence-corrected chi connectivity index (χ0v) is 26.4. The lowest BCUT2D eigenvalue weighted by Crippen LogP contribution is -2.51. The fourth-order valence-electron chi connectivity index (χ4n) is 6.04. The number of piperidine rings is 1. The van der Waals surface area contributed by atoms with Gasteiger partial charge >= 0.3 is 5.97 Å². The third-order valence-electron chi connectivity index (χ3n) is 8.76. The van der Waals surface area contributed by atoms with Gasteiger partial charge in [-0.05, 0) is 62.6 Å². The predicted molar refractivity (Wildman–Crippen MR) is 166 cm³/mol. The van der Waals surface area contributed by atoms with Crippen LogP contribution in [0.1, 0.15) is 76.7 Å². The van der Waals surface area contributed by atoms with Crippen molar-refractivity contribution in [2.75, 3.05) is 40.6 Å². The summed E-state index contributed by atoms with van der Waals surface area (Å²) < 4.78 is 28.9. The van der Waals surface area contributed by atoms with Crippen LogP contribution in [0.3, 0.4) is 0 Å². The predicted octanol–water partition coefficient (Wildman–Crippen LogP) is 5.44. The number of nitrogens with zero attached hydrogens (tertiary/aromatic N) is 1. The van der Waals surface area contributed by atoms with Crippen LogP contribution in [0, 0.1) is 11.8 Å². The average molecular weight is 602 g/mol. The highest BCUT2D eigenvalue weighted by Crippen LogP contribution is 2.45. The summed E-state index contributed by atoms with van der Waals surface area (Å²) in [7, 11) is 3.08. The van der Waals surface area contributed by atoms with Crippen molar-refractivity contribution in [3.05, 3.63) is 43.0 Å². The lowest BCUT2D eigenvalue weighted by Gasteiger charge is -2.40. The summed E-state index contributed by atoms with van der Waals surface area (Å²) in [6.07, 6.45) is 9.81. The third kappa shape index (κ3) is 8.99. The second-order valence-corrected chi connectivity index (χ2v) is 11.6. The van der Waals surface area contributed by atoms with E-state index in [2.05, 4.69) is 13.2 Å². The fourth-order valence-corrected chi connectivity index (χ4v) is 6.04. The number of esters is 1. The van der Waals surface area contributed by atoms with E-state index < -0.39 is 18.1 Å². The van der Waals surface area contributed by atoms with Crippen molar-refractivity contribution >= 4 is 11.9 Å². The molecule has 1 aromatic carbocycles. The highest BCUT2D eigenvalue weighted by atomic mass is 16.6. The molecule has 1 aliphatic carbocycles. The van der Waals surface area contributed by atoms with Crippen LogP contribution in [0.5, 0.6) is 17.2 Å². The second kappa shape index (κ2) is 17.3. The molecule has 1 amide bonds. The molecule has 1 saturated carbocycles. The molecular weight excluding hydrogens is 550 g/mol. The molecule has 5 atom stereocenters. The number of ether oxygens (including phenoxy) is 5. The summed E-state index contributed by atoms with van der Waals surface area (Å²) in [5, 5.41) is 9.77. The quantitative estimate of drug-likeness (QED) is 0.197. The SMILES string of the molecule is C=CCO[C@@H](CO)COc1cc([C@@H](C(=O)N2CCCC[C@H]2C(=O)O[C@H](C)[C@H](C)C=C)C2CCCCC2)cc(OC)c1OC. The molecule has 0 aromatic heterocycles. The number of benzene rings is 1. The Balaban J connectivity index is 1.99. The molecule has 2 fully saturated rings. The van der Waals surface area contributed by atoms with Gasteiger partial charge in [0, 0.05) is 12.5 Å². The van der Waals surface area contributed by atoms with Crippen molar-refractivity contribution in [2.45, 2.75) is 89.4 Å². The van der Waals surface area contributed by atoms with Crippen LogP contribution in [0.4, 0.5) is 0 Å². The third-order valence-corrected chi connectivity index (χ3v) is 8.76. The van der Waals surface area contributed by atoms with Gasteiger partial charge in [-0.25, -0.2) is 4.79 Å². The number of aliphatic hydroxyl groups is 1. The van der Waals surface area contributed by atoms with E-state index in [1.54, 1.807) is 24.2 Å². The Labute approximate surface area is 257 Å². The molecule has 0 spiro atoms. The Morgan fingerprint density at radius 1 is 1.02 bits per heavy atom. The van der Waals surface area contributed by atoms with Gasteiger partial charge in [0.15, 0.2) is 11.5 Å². The molecule has 9 nitrogen and oxygen atoms in total. The standard InChI is InChI=1S/C34H51NO8/c1-7-18-41-27(21-36)22-42-30-20-26(19-29(39-5)32(30)40-6)31(25-14-10-9-11-15-25)33(37)35-17-13-12-16-28(35)34(38)43-24(4)23(3)8-2/h7-8,19-20,23-25,27-28,31,36H,1-2,9-18,21-22H2,3-6H3/t23-,24-,27+,28+,31+/m1/s1. The van der Waals surface area contributed by atoms with E-state index in [-0.39, 0.29) is 49.6 Å². The van der Waals surface area contributed by atoms with Crippen LogP contribution in [0.2, 0.25) is 0 Å². The smallest absolute Gasteiger partial charge is 0.329 e. The number of aliphatic hydroxyl groups excluding tert-OH is 1. The summed E-state index contributed by atoms with van der Waals surface area (Å²) in [6, 6.07) is 3.06. The Morgan fingerprint density at radius 3 is 2.35 bits per heavy atom. The lowest BCUT2D eigenvalue weighted by molar-refractivity contribution is -0.163. The summed E-state index contributed by atoms with van der Waals surface area (Å²) in [6.45, 7) is 11.9. The van der Waals surface area contributed by atoms with Gasteiger partial charge in [-0.15, -0.1) is 13.2 Å². The van der Waals surface area contributed by atoms with Crippen LogP contribution in [0.25, 0.3) is 0 Å². The van der Waals surface area contributed by atoms with Gasteiger partial charge < -0.3 is 33.7 Å². The molecule has 2 aliphatic rings. The first kappa shape index (κ1) is 34.5. The largest absolute Gasteiger partial charge is 0.493 e. The molecule has 43 heavy (non-hydrogen) atoms. The topological polar surface area (TPSA) is 104 Å². The monoisotopic (exact) mass is 601 g/mol. The van der Waals surface area contributed by atoms with Crippen molar-refractivity contribution in [3.63, 3.8) is 0 Å². The Morgan fingerprint density at radius 2 is 1.72 bits per heavy atom. The van der Waals surface area contributed by atoms with Crippen molar-refractivity contribution in [2.24, 2.45) is 11.8 Å². The van der Waals surface area contributed by atoms with E-state index in [0.29, 0.717) is 30.2 Å². The summed E-state index contributed by atoms with van der Waals surface area (Å²) in [5.74, 6) is 0.417. The zero-order valence-electron chi connectivity index (χ0n) is 26.4. The molecule has 0 radical (unpaired) electrons. The Hall–Kier alpha value is -3.04. The van der Waals surface area contributed by atoms with Crippen LogP contribution >= 0.6 is 0 Å². The number of carbonyl (C=O) groups excluding carboxylic acids is 2. The molecule has 1 aromatic rings. The first-order valence-electron chi connectivity index (χ1n) is 15.6. The molecule has 1 heterocycles. The van der Waals surface area contributed by atoms with Gasteiger partial charge in [0.05, 0.1) is 33.4 Å². The van der Waals surface area contributed by atoms with Gasteiger partial charge in [-0.1, -0.05) is 38.3 Å². The number of methoxy groups -OCH3 is 2. The average Bonchev–Trinajstić information content (AvgIpc) is 3.04. The maximum atomic E-state index is 14.6. The number of likely N-dealkylation sites (tertiary alicyclic amines) is 1. The maximum absolute atomic E-state index is 14.6.